The summed E-state index contributed by atoms with van der Waals surface area (Å²) in [5.41, 5.74) is 3.08. The van der Waals surface area contributed by atoms with Crippen molar-refractivity contribution in [3.05, 3.63) is 95.6 Å². The third-order valence-electron chi connectivity index (χ3n) is 5.96. The van der Waals surface area contributed by atoms with Crippen LogP contribution in [0.4, 0.5) is 0 Å². The number of benzene rings is 3. The van der Waals surface area contributed by atoms with Gasteiger partial charge < -0.3 is 4.74 Å². The van der Waals surface area contributed by atoms with E-state index in [1.165, 1.54) is 18.1 Å². The summed E-state index contributed by atoms with van der Waals surface area (Å²) < 4.78 is 53.7. The van der Waals surface area contributed by atoms with Gasteiger partial charge in [0.15, 0.2) is 19.7 Å². The molecule has 0 amide bonds. The Morgan fingerprint density at radius 3 is 1.38 bits per heavy atom. The van der Waals surface area contributed by atoms with E-state index < -0.39 is 19.7 Å². The van der Waals surface area contributed by atoms with Gasteiger partial charge in [0.05, 0.1) is 22.0 Å². The van der Waals surface area contributed by atoms with Crippen molar-refractivity contribution in [2.24, 2.45) is 0 Å². The zero-order valence-electron chi connectivity index (χ0n) is 18.0. The fourth-order valence-corrected chi connectivity index (χ4v) is 5.47. The summed E-state index contributed by atoms with van der Waals surface area (Å²) >= 11 is 0. The lowest BCUT2D eigenvalue weighted by atomic mass is 9.82. The van der Waals surface area contributed by atoms with E-state index in [0.29, 0.717) is 0 Å². The van der Waals surface area contributed by atoms with Crippen LogP contribution in [0.25, 0.3) is 0 Å². The maximum absolute atomic E-state index is 11.8. The van der Waals surface area contributed by atoms with Crippen molar-refractivity contribution in [3.8, 4) is 0 Å². The lowest BCUT2D eigenvalue weighted by Crippen LogP contribution is -2.22. The highest BCUT2D eigenvalue weighted by Gasteiger charge is 2.32. The van der Waals surface area contributed by atoms with Gasteiger partial charge in [-0.15, -0.1) is 0 Å². The molecule has 0 aromatic heterocycles. The van der Waals surface area contributed by atoms with Crippen LogP contribution in [0, 0.1) is 0 Å². The molecule has 1 unspecified atom stereocenters. The van der Waals surface area contributed by atoms with Crippen LogP contribution in [0.1, 0.15) is 47.7 Å². The Labute approximate surface area is 189 Å². The molecule has 168 valence electrons. The Morgan fingerprint density at radius 1 is 0.594 bits per heavy atom. The number of hydrogen-bond donors (Lipinski definition) is 0. The second-order valence-corrected chi connectivity index (χ2v) is 12.4. The predicted octanol–water partition coefficient (Wildman–Crippen LogP) is 4.87. The minimum absolute atomic E-state index is 0.206. The summed E-state index contributed by atoms with van der Waals surface area (Å²) in [5, 5.41) is 0. The first-order valence-electron chi connectivity index (χ1n) is 10.4. The van der Waals surface area contributed by atoms with Crippen LogP contribution in [0.15, 0.2) is 88.7 Å². The van der Waals surface area contributed by atoms with Gasteiger partial charge in [-0.1, -0.05) is 54.6 Å². The molecule has 7 heteroatoms. The number of hydrogen-bond acceptors (Lipinski definition) is 5. The molecule has 5 nitrogen and oxygen atoms in total. The molecule has 1 aliphatic heterocycles. The smallest absolute Gasteiger partial charge is 0.175 e. The highest BCUT2D eigenvalue weighted by Crippen LogP contribution is 2.46. The Balaban J connectivity index is 1.66. The van der Waals surface area contributed by atoms with Crippen LogP contribution in [0.3, 0.4) is 0 Å². The van der Waals surface area contributed by atoms with Crippen molar-refractivity contribution in [3.63, 3.8) is 0 Å². The van der Waals surface area contributed by atoms with E-state index in [9.17, 15) is 16.8 Å². The highest BCUT2D eigenvalue weighted by molar-refractivity contribution is 7.91. The molecule has 0 N–H and O–H groups in total. The van der Waals surface area contributed by atoms with Crippen LogP contribution >= 0.6 is 0 Å². The zero-order chi connectivity index (χ0) is 22.9. The molecular weight excluding hydrogens is 444 g/mol. The third-order valence-corrected chi connectivity index (χ3v) is 8.21. The molecule has 3 aromatic carbocycles. The fourth-order valence-electron chi connectivity index (χ4n) is 4.21. The van der Waals surface area contributed by atoms with Gasteiger partial charge in [-0.25, -0.2) is 16.8 Å². The molecule has 0 radical (unpaired) electrons. The molecule has 1 saturated heterocycles. The summed E-state index contributed by atoms with van der Waals surface area (Å²) in [7, 11) is -6.53. The molecule has 4 rings (SSSR count). The molecule has 0 aliphatic carbocycles. The Bertz CT molecular complexity index is 1200. The van der Waals surface area contributed by atoms with Crippen LogP contribution in [-0.2, 0) is 24.4 Å². The quantitative estimate of drug-likeness (QED) is 0.532. The monoisotopic (exact) mass is 470 g/mol. The minimum atomic E-state index is -3.26. The second kappa shape index (κ2) is 8.81. The fraction of sp³-hybridized carbons (Fsp3) is 0.280. The zero-order valence-corrected chi connectivity index (χ0v) is 19.6. The summed E-state index contributed by atoms with van der Waals surface area (Å²) in [6.45, 7) is 0. The van der Waals surface area contributed by atoms with Gasteiger partial charge >= 0.3 is 0 Å². The number of sulfone groups is 2. The third kappa shape index (κ3) is 5.11. The first-order chi connectivity index (χ1) is 15.1. The average molecular weight is 471 g/mol. The van der Waals surface area contributed by atoms with Crippen LogP contribution in [0.2, 0.25) is 0 Å². The molecule has 3 aromatic rings. The molecule has 1 aliphatic rings. The van der Waals surface area contributed by atoms with E-state index in [1.54, 1.807) is 24.3 Å². The van der Waals surface area contributed by atoms with Crippen LogP contribution in [-0.4, -0.2) is 29.3 Å². The first-order valence-corrected chi connectivity index (χ1v) is 14.2. The normalized spacial score (nSPS) is 21.9. The molecule has 0 bridgehead atoms. The van der Waals surface area contributed by atoms with Crippen molar-refractivity contribution in [1.82, 2.24) is 0 Å². The molecular formula is C25H26O5S2. The molecule has 0 spiro atoms. The van der Waals surface area contributed by atoms with Gasteiger partial charge in [-0.3, -0.25) is 0 Å². The van der Waals surface area contributed by atoms with Crippen molar-refractivity contribution < 1.29 is 21.6 Å². The van der Waals surface area contributed by atoms with Crippen molar-refractivity contribution in [2.75, 3.05) is 12.5 Å². The van der Waals surface area contributed by atoms with Crippen LogP contribution in [0.5, 0.6) is 0 Å². The summed E-state index contributed by atoms with van der Waals surface area (Å²) in [6, 6.07) is 24.0. The van der Waals surface area contributed by atoms with Gasteiger partial charge in [0.1, 0.15) is 0 Å². The second-order valence-electron chi connectivity index (χ2n) is 8.37. The molecule has 32 heavy (non-hydrogen) atoms. The lowest BCUT2D eigenvalue weighted by molar-refractivity contribution is -0.0620. The summed E-state index contributed by atoms with van der Waals surface area (Å²) in [6.07, 6.45) is 3.53. The van der Waals surface area contributed by atoms with Gasteiger partial charge in [0, 0.05) is 12.5 Å². The SMILES string of the molecule is CS(=O)(=O)c1ccc([C@@H]2CC(c3ccccc3)C[C@H](c3ccc(S(C)(=O)=O)cc3)O2)cc1. The predicted molar refractivity (Wildman–Crippen MR) is 124 cm³/mol. The highest BCUT2D eigenvalue weighted by atomic mass is 32.2. The molecule has 3 atom stereocenters. The number of ether oxygens (including phenoxy) is 1. The van der Waals surface area contributed by atoms with Crippen molar-refractivity contribution in [1.29, 1.82) is 0 Å². The minimum Gasteiger partial charge on any atom is -0.366 e. The first kappa shape index (κ1) is 22.7. The van der Waals surface area contributed by atoms with E-state index in [-0.39, 0.29) is 27.9 Å². The van der Waals surface area contributed by atoms with E-state index in [1.807, 2.05) is 42.5 Å². The molecule has 0 saturated carbocycles. The summed E-state index contributed by atoms with van der Waals surface area (Å²) in [4.78, 5) is 0.564. The van der Waals surface area contributed by atoms with Crippen molar-refractivity contribution in [2.45, 2.75) is 40.8 Å². The van der Waals surface area contributed by atoms with E-state index in [0.717, 1.165) is 24.0 Å². The number of rotatable bonds is 5. The van der Waals surface area contributed by atoms with Crippen LogP contribution < -0.4 is 0 Å². The molecule has 1 heterocycles. The van der Waals surface area contributed by atoms with Crippen molar-refractivity contribution >= 4 is 19.7 Å². The van der Waals surface area contributed by atoms with Gasteiger partial charge in [-0.05, 0) is 59.7 Å². The molecule has 1 fully saturated rings. The van der Waals surface area contributed by atoms with Gasteiger partial charge in [-0.2, -0.15) is 0 Å². The van der Waals surface area contributed by atoms with Gasteiger partial charge in [0.25, 0.3) is 0 Å². The Morgan fingerprint density at radius 2 is 1.00 bits per heavy atom. The van der Waals surface area contributed by atoms with E-state index in [4.69, 9.17) is 4.74 Å². The Kier molecular flexibility index (Phi) is 6.25. The standard InChI is InChI=1S/C25H26O5S2/c1-31(26,27)22-12-8-19(9-13-22)24-16-21(18-6-4-3-5-7-18)17-25(30-24)20-10-14-23(15-11-20)32(2,28)29/h3-15,21,24-25H,16-17H2,1-2H3/t21?,24-,25+. The van der Waals surface area contributed by atoms with E-state index >= 15 is 0 Å². The summed E-state index contributed by atoms with van der Waals surface area (Å²) in [5.74, 6) is 0.254. The lowest BCUT2D eigenvalue weighted by Gasteiger charge is -2.36. The maximum atomic E-state index is 11.8. The maximum Gasteiger partial charge on any atom is 0.175 e. The average Bonchev–Trinajstić information content (AvgIpc) is 2.78. The van der Waals surface area contributed by atoms with E-state index in [2.05, 4.69) is 12.1 Å². The Hall–Kier alpha value is -2.48. The largest absolute Gasteiger partial charge is 0.366 e. The topological polar surface area (TPSA) is 77.5 Å². The van der Waals surface area contributed by atoms with Gasteiger partial charge in [0.2, 0.25) is 0 Å².